The van der Waals surface area contributed by atoms with E-state index in [9.17, 15) is 0 Å². The average molecular weight is 890 g/mol. The number of nitrogens with zero attached hydrogens (tertiary/aromatic N) is 3. The fourth-order valence-electron chi connectivity index (χ4n) is 0.223. The molecular formula is C3H8I6N6. The van der Waals surface area contributed by atoms with Gasteiger partial charge in [-0.05, 0) is 0 Å². The lowest BCUT2D eigenvalue weighted by Gasteiger charge is -1.38. The molecule has 92 valence electrons. The maximum Gasteiger partial charge on any atom is 0.532 e. The molecule has 0 radical (unpaired) electrons. The zero-order valence-corrected chi connectivity index (χ0v) is 20.3. The van der Waals surface area contributed by atoms with Gasteiger partial charge in [-0.15, -0.1) is 71.9 Å². The largest absolute Gasteiger partial charge is 1.00 e. The van der Waals surface area contributed by atoms with Crippen molar-refractivity contribution in [3.8, 4) is 0 Å². The number of nitrogens with one attached hydrogen (secondary N) is 3. The van der Waals surface area contributed by atoms with E-state index in [-0.39, 0.29) is 150 Å². The van der Waals surface area contributed by atoms with Crippen LogP contribution in [0.4, 0.5) is 0 Å². The summed E-state index contributed by atoms with van der Waals surface area (Å²) in [5.41, 5.74) is 19.1. The Bertz CT molecular complexity index is 228. The Morgan fingerprint density at radius 3 is 1.13 bits per heavy atom. The summed E-state index contributed by atoms with van der Waals surface area (Å²) in [5.74, 6) is 0. The first-order valence-electron chi connectivity index (χ1n) is 1.99. The zero-order chi connectivity index (χ0) is 7.11. The van der Waals surface area contributed by atoms with Crippen LogP contribution in [-0.2, 0) is 0 Å². The summed E-state index contributed by atoms with van der Waals surface area (Å²) in [7, 11) is 0. The molecule has 0 saturated carbocycles. The van der Waals surface area contributed by atoms with E-state index in [0.717, 1.165) is 12.4 Å². The van der Waals surface area contributed by atoms with Gasteiger partial charge in [-0.2, -0.15) is 0 Å². The highest BCUT2D eigenvalue weighted by Crippen LogP contribution is 1.48. The molecule has 0 amide bonds. The van der Waals surface area contributed by atoms with Crippen LogP contribution in [0.3, 0.4) is 0 Å². The van der Waals surface area contributed by atoms with E-state index in [1.165, 1.54) is 0 Å². The lowest BCUT2D eigenvalue weighted by Crippen LogP contribution is -3.00. The minimum atomic E-state index is 0. The van der Waals surface area contributed by atoms with Crippen LogP contribution in [0.1, 0.15) is 0 Å². The molecular weight excluding hydrogens is 881 g/mol. The van der Waals surface area contributed by atoms with Crippen LogP contribution in [-0.4, -0.2) is 32.5 Å². The molecule has 0 rings (SSSR count). The van der Waals surface area contributed by atoms with Crippen molar-refractivity contribution < 1.29 is 86.3 Å². The Balaban J connectivity index is -0.0000000213. The van der Waals surface area contributed by atoms with Gasteiger partial charge in [0.2, 0.25) is 0 Å². The third-order valence-electron chi connectivity index (χ3n) is 0.523. The fraction of sp³-hybridized carbons (Fsp3) is 0. The molecule has 0 aliphatic carbocycles. The second-order valence-corrected chi connectivity index (χ2v) is 1.05. The number of hydrogen-bond donors (Lipinski definition) is 3. The van der Waals surface area contributed by atoms with Gasteiger partial charge in [0.1, 0.15) is 0 Å². The van der Waals surface area contributed by atoms with Crippen LogP contribution in [0.15, 0.2) is 0 Å². The maximum absolute atomic E-state index is 6.41. The van der Waals surface area contributed by atoms with E-state index in [1.54, 1.807) is 0 Å². The van der Waals surface area contributed by atoms with Crippen LogP contribution >= 0.6 is 71.9 Å². The van der Waals surface area contributed by atoms with E-state index in [4.69, 9.17) is 16.6 Å². The van der Waals surface area contributed by atoms with Crippen molar-refractivity contribution in [2.75, 3.05) is 0 Å². The van der Waals surface area contributed by atoms with Crippen LogP contribution in [0, 0.1) is 16.6 Å². The van der Waals surface area contributed by atoms with Gasteiger partial charge in [0, 0.05) is 0 Å². The first-order chi connectivity index (χ1) is 4.35. The summed E-state index contributed by atoms with van der Waals surface area (Å²) in [6.45, 7) is 0. The zero-order valence-electron chi connectivity index (χ0n) is 6.85. The van der Waals surface area contributed by atoms with Gasteiger partial charge in [0.15, 0.2) is 0 Å². The van der Waals surface area contributed by atoms with Gasteiger partial charge in [-0.25, -0.2) is 0 Å². The second kappa shape index (κ2) is 36.0. The van der Waals surface area contributed by atoms with Gasteiger partial charge in [0.05, 0.1) is 31.0 Å². The quantitative estimate of drug-likeness (QED) is 0.106. The van der Waals surface area contributed by atoms with Crippen molar-refractivity contribution in [3.05, 3.63) is 0 Å². The summed E-state index contributed by atoms with van der Waals surface area (Å²) in [6.07, 6.45) is 2.04. The summed E-state index contributed by atoms with van der Waals surface area (Å²) in [5, 5.41) is 0. The molecule has 15 heavy (non-hydrogen) atoms. The van der Waals surface area contributed by atoms with Crippen molar-refractivity contribution in [1.29, 1.82) is 16.6 Å². The molecule has 6 nitrogen and oxygen atoms in total. The number of rotatable bonds is 2. The second-order valence-electron chi connectivity index (χ2n) is 1.05. The Labute approximate surface area is 189 Å². The fourth-order valence-corrected chi connectivity index (χ4v) is 0.223. The van der Waals surface area contributed by atoms with Gasteiger partial charge in [-0.1, -0.05) is 0 Å². The van der Waals surface area contributed by atoms with Gasteiger partial charge in [-0.3, -0.25) is 0 Å². The highest BCUT2D eigenvalue weighted by molar-refractivity contribution is 14.0. The predicted octanol–water partition coefficient (Wildman–Crippen LogP) is -7.85. The molecule has 0 aromatic carbocycles. The SMILES string of the molecule is I.I.I.N=[N+]=CC(C=[N+]=N)=[N+]=N.[I-].[I-].[I-]. The first kappa shape index (κ1) is 43.2. The molecule has 0 atom stereocenters. The summed E-state index contributed by atoms with van der Waals surface area (Å²) in [4.78, 5) is 8.55. The van der Waals surface area contributed by atoms with Crippen LogP contribution in [0.25, 0.3) is 0 Å². The Morgan fingerprint density at radius 2 is 1.00 bits per heavy atom. The van der Waals surface area contributed by atoms with E-state index >= 15 is 0 Å². The topological polar surface area (TPSA) is 114 Å². The Kier molecular flexibility index (Phi) is 104. The van der Waals surface area contributed by atoms with Crippen molar-refractivity contribution in [2.24, 2.45) is 0 Å². The molecule has 0 saturated heterocycles. The summed E-state index contributed by atoms with van der Waals surface area (Å²) < 4.78 is 0. The summed E-state index contributed by atoms with van der Waals surface area (Å²) in [6, 6.07) is 0. The molecule has 0 aromatic rings. The molecule has 0 aromatic heterocycles. The molecule has 0 aliphatic heterocycles. The van der Waals surface area contributed by atoms with Gasteiger partial charge >= 0.3 is 18.1 Å². The lowest BCUT2D eigenvalue weighted by molar-refractivity contribution is -0.138. The normalized spacial score (nSPS) is 3.47. The average Bonchev–Trinajstić information content (AvgIpc) is 1.88. The molecule has 0 unspecified atom stereocenters. The Hall–Kier alpha value is 2.52. The minimum Gasteiger partial charge on any atom is -1.00 e. The first-order valence-corrected chi connectivity index (χ1v) is 1.99. The molecule has 0 bridgehead atoms. The number of halogens is 6. The third-order valence-corrected chi connectivity index (χ3v) is 0.523. The smallest absolute Gasteiger partial charge is 0.532 e. The van der Waals surface area contributed by atoms with E-state index in [2.05, 4.69) is 14.4 Å². The molecule has 3 N–H and O–H groups in total. The van der Waals surface area contributed by atoms with Crippen LogP contribution in [0.5, 0.6) is 0 Å². The van der Waals surface area contributed by atoms with Crippen molar-refractivity contribution in [2.45, 2.75) is 0 Å². The maximum atomic E-state index is 6.41. The lowest BCUT2D eigenvalue weighted by atomic mass is 10.5. The van der Waals surface area contributed by atoms with Gasteiger partial charge < -0.3 is 71.9 Å². The van der Waals surface area contributed by atoms with E-state index in [1.807, 2.05) is 0 Å². The van der Waals surface area contributed by atoms with Crippen molar-refractivity contribution >= 4 is 90.1 Å². The molecule has 0 fully saturated rings. The molecule has 0 aliphatic rings. The number of hydrogen-bond acceptors (Lipinski definition) is 3. The predicted molar refractivity (Wildman–Crippen MR) is 72.3 cm³/mol. The Morgan fingerprint density at radius 1 is 0.733 bits per heavy atom. The van der Waals surface area contributed by atoms with Crippen LogP contribution in [0.2, 0.25) is 0 Å². The standard InChI is InChI=1S/C3H5N6.6HI/c4-7-1-3(9-6)2-8-5;;;;;;/h1-2,4-6H;6*1H/q+3;;;;;;/p-3. The molecule has 12 heteroatoms. The highest BCUT2D eigenvalue weighted by atomic mass is 127. The van der Waals surface area contributed by atoms with Crippen molar-refractivity contribution in [1.82, 2.24) is 0 Å². The third kappa shape index (κ3) is 31.5. The van der Waals surface area contributed by atoms with E-state index < -0.39 is 0 Å². The van der Waals surface area contributed by atoms with Crippen LogP contribution < -0.4 is 71.9 Å². The highest BCUT2D eigenvalue weighted by Gasteiger charge is 2.17. The monoisotopic (exact) mass is 890 g/mol. The minimum absolute atomic E-state index is 0. The van der Waals surface area contributed by atoms with Crippen molar-refractivity contribution in [3.63, 3.8) is 0 Å². The molecule has 0 spiro atoms. The van der Waals surface area contributed by atoms with E-state index in [0.29, 0.717) is 0 Å². The summed E-state index contributed by atoms with van der Waals surface area (Å²) >= 11 is 0. The molecule has 0 heterocycles. The van der Waals surface area contributed by atoms with Gasteiger partial charge in [0.25, 0.3) is 0 Å².